The summed E-state index contributed by atoms with van der Waals surface area (Å²) < 4.78 is 3.24. The molecule has 2 aromatic carbocycles. The molecule has 0 saturated carbocycles. The summed E-state index contributed by atoms with van der Waals surface area (Å²) in [6.07, 6.45) is 1.93. The molecule has 5 aromatic rings. The molecule has 0 aliphatic rings. The molecule has 29 heavy (non-hydrogen) atoms. The fourth-order valence-corrected chi connectivity index (χ4v) is 4.63. The van der Waals surface area contributed by atoms with Gasteiger partial charge >= 0.3 is 0 Å². The van der Waals surface area contributed by atoms with Crippen LogP contribution in [0, 0.1) is 27.7 Å². The summed E-state index contributed by atoms with van der Waals surface area (Å²) >= 11 is 1.77. The zero-order valence-electron chi connectivity index (χ0n) is 16.9. The number of nitrogens with zero attached hydrogens (tertiary/aromatic N) is 3. The molecule has 0 aliphatic carbocycles. The van der Waals surface area contributed by atoms with Crippen LogP contribution in [0.15, 0.2) is 54.7 Å². The lowest BCUT2D eigenvalue weighted by molar-refractivity contribution is 0.931. The molecule has 5 rings (SSSR count). The normalized spacial score (nSPS) is 11.4. The maximum Gasteiger partial charge on any atom is 0.157 e. The number of anilines is 2. The van der Waals surface area contributed by atoms with E-state index in [1.807, 2.05) is 10.7 Å². The van der Waals surface area contributed by atoms with Crippen LogP contribution in [0.25, 0.3) is 26.3 Å². The van der Waals surface area contributed by atoms with Crippen molar-refractivity contribution in [1.29, 1.82) is 0 Å². The van der Waals surface area contributed by atoms with Gasteiger partial charge < -0.3 is 5.32 Å². The monoisotopic (exact) mass is 398 g/mol. The molecule has 1 N–H and O–H groups in total. The number of hydrogen-bond acceptors (Lipinski definition) is 4. The lowest BCUT2D eigenvalue weighted by Crippen LogP contribution is -2.05. The Hall–Kier alpha value is -3.18. The van der Waals surface area contributed by atoms with Gasteiger partial charge in [-0.15, -0.1) is 16.4 Å². The van der Waals surface area contributed by atoms with E-state index in [9.17, 15) is 0 Å². The van der Waals surface area contributed by atoms with Crippen molar-refractivity contribution in [2.75, 3.05) is 5.32 Å². The van der Waals surface area contributed by atoms with Crippen LogP contribution in [-0.2, 0) is 0 Å². The third-order valence-corrected chi connectivity index (χ3v) is 6.78. The fourth-order valence-electron chi connectivity index (χ4n) is 3.57. The molecule has 144 valence electrons. The number of aromatic nitrogens is 3. The van der Waals surface area contributed by atoms with Crippen LogP contribution in [0.3, 0.4) is 0 Å². The molecular formula is C24H22N4S. The van der Waals surface area contributed by atoms with Gasteiger partial charge in [0.25, 0.3) is 0 Å². The predicted molar refractivity (Wildman–Crippen MR) is 122 cm³/mol. The Morgan fingerprint density at radius 1 is 0.897 bits per heavy atom. The van der Waals surface area contributed by atoms with E-state index in [4.69, 9.17) is 5.10 Å². The molecule has 3 heterocycles. The first-order valence-corrected chi connectivity index (χ1v) is 10.5. The summed E-state index contributed by atoms with van der Waals surface area (Å²) in [5.74, 6) is 0.860. The predicted octanol–water partition coefficient (Wildman–Crippen LogP) is 6.59. The first-order chi connectivity index (χ1) is 14.0. The van der Waals surface area contributed by atoms with Crippen molar-refractivity contribution in [2.24, 2.45) is 0 Å². The highest BCUT2D eigenvalue weighted by atomic mass is 32.1. The number of thiophene rings is 1. The van der Waals surface area contributed by atoms with Gasteiger partial charge in [-0.3, -0.25) is 0 Å². The molecule has 3 aromatic heterocycles. The van der Waals surface area contributed by atoms with E-state index in [0.29, 0.717) is 0 Å². The third kappa shape index (κ3) is 2.98. The van der Waals surface area contributed by atoms with Crippen LogP contribution in [0.1, 0.15) is 22.3 Å². The van der Waals surface area contributed by atoms with Gasteiger partial charge in [-0.1, -0.05) is 24.3 Å². The average Bonchev–Trinajstić information content (AvgIpc) is 3.32. The maximum atomic E-state index is 4.94. The Morgan fingerprint density at radius 3 is 2.52 bits per heavy atom. The molecule has 0 bridgehead atoms. The standard InChI is InChI=1S/C24H22N4S/c1-14-9-10-19(11-15(14)2)26-23-16(3)17(4)24-25-13-20(28(24)27-23)22-12-18-7-5-6-8-21(18)29-22/h5-13H,1-4H3,(H,26,27). The summed E-state index contributed by atoms with van der Waals surface area (Å²) in [6, 6.07) is 17.1. The zero-order valence-corrected chi connectivity index (χ0v) is 17.8. The van der Waals surface area contributed by atoms with Crippen molar-refractivity contribution in [2.45, 2.75) is 27.7 Å². The molecule has 0 saturated heterocycles. The minimum absolute atomic E-state index is 0.860. The Labute approximate surface area is 173 Å². The van der Waals surface area contributed by atoms with Crippen molar-refractivity contribution in [1.82, 2.24) is 14.6 Å². The summed E-state index contributed by atoms with van der Waals surface area (Å²) in [6.45, 7) is 8.46. The molecule has 0 fully saturated rings. The van der Waals surface area contributed by atoms with Crippen LogP contribution in [0.2, 0.25) is 0 Å². The Kier molecular flexibility index (Phi) is 4.14. The van der Waals surface area contributed by atoms with Crippen LogP contribution < -0.4 is 5.32 Å². The van der Waals surface area contributed by atoms with Crippen molar-refractivity contribution in [3.05, 3.63) is 77.0 Å². The number of fused-ring (bicyclic) bond motifs is 2. The van der Waals surface area contributed by atoms with Crippen LogP contribution >= 0.6 is 11.3 Å². The van der Waals surface area contributed by atoms with Gasteiger partial charge in [0, 0.05) is 21.5 Å². The van der Waals surface area contributed by atoms with E-state index in [1.54, 1.807) is 11.3 Å². The molecular weight excluding hydrogens is 376 g/mol. The topological polar surface area (TPSA) is 42.2 Å². The lowest BCUT2D eigenvalue weighted by atomic mass is 10.1. The van der Waals surface area contributed by atoms with E-state index < -0.39 is 0 Å². The molecule has 0 aliphatic heterocycles. The first-order valence-electron chi connectivity index (χ1n) is 9.69. The molecule has 5 heteroatoms. The number of rotatable bonds is 3. The summed E-state index contributed by atoms with van der Waals surface area (Å²) in [4.78, 5) is 5.85. The first kappa shape index (κ1) is 17.9. The second kappa shape index (κ2) is 6.71. The van der Waals surface area contributed by atoms with Crippen molar-refractivity contribution in [3.63, 3.8) is 0 Å². The van der Waals surface area contributed by atoms with Crippen LogP contribution in [0.4, 0.5) is 11.5 Å². The summed E-state index contributed by atoms with van der Waals surface area (Å²) in [5.41, 5.74) is 7.77. The number of hydrogen-bond donors (Lipinski definition) is 1. The van der Waals surface area contributed by atoms with E-state index in [2.05, 4.69) is 86.5 Å². The number of benzene rings is 2. The average molecular weight is 399 g/mol. The minimum atomic E-state index is 0.860. The SMILES string of the molecule is Cc1ccc(Nc2nn3c(-c4cc5ccccc5s4)cnc3c(C)c2C)cc1C. The smallest absolute Gasteiger partial charge is 0.157 e. The molecule has 0 atom stereocenters. The molecule has 0 spiro atoms. The number of nitrogens with one attached hydrogen (secondary N) is 1. The molecule has 0 radical (unpaired) electrons. The maximum absolute atomic E-state index is 4.94. The fraction of sp³-hybridized carbons (Fsp3) is 0.167. The highest BCUT2D eigenvalue weighted by molar-refractivity contribution is 7.22. The molecule has 0 unspecified atom stereocenters. The van der Waals surface area contributed by atoms with E-state index >= 15 is 0 Å². The van der Waals surface area contributed by atoms with E-state index in [1.165, 1.54) is 26.1 Å². The largest absolute Gasteiger partial charge is 0.339 e. The summed E-state index contributed by atoms with van der Waals surface area (Å²) in [7, 11) is 0. The molecule has 4 nitrogen and oxygen atoms in total. The van der Waals surface area contributed by atoms with Gasteiger partial charge in [-0.05, 0) is 68.5 Å². The number of aryl methyl sites for hydroxylation is 3. The van der Waals surface area contributed by atoms with E-state index in [-0.39, 0.29) is 0 Å². The number of imidazole rings is 1. The van der Waals surface area contributed by atoms with Gasteiger partial charge in [0.2, 0.25) is 0 Å². The second-order valence-electron chi connectivity index (χ2n) is 7.55. The van der Waals surface area contributed by atoms with Gasteiger partial charge in [0.1, 0.15) is 5.69 Å². The van der Waals surface area contributed by atoms with Crippen molar-refractivity contribution >= 4 is 38.6 Å². The van der Waals surface area contributed by atoms with Gasteiger partial charge in [-0.25, -0.2) is 9.50 Å². The van der Waals surface area contributed by atoms with Gasteiger partial charge in [0.05, 0.1) is 11.1 Å². The Morgan fingerprint density at radius 2 is 1.72 bits per heavy atom. The van der Waals surface area contributed by atoms with Crippen LogP contribution in [0.5, 0.6) is 0 Å². The van der Waals surface area contributed by atoms with Gasteiger partial charge in [0.15, 0.2) is 11.5 Å². The second-order valence-corrected chi connectivity index (χ2v) is 8.63. The highest BCUT2D eigenvalue weighted by Crippen LogP contribution is 2.35. The van der Waals surface area contributed by atoms with Crippen LogP contribution in [-0.4, -0.2) is 14.6 Å². The quantitative estimate of drug-likeness (QED) is 0.373. The third-order valence-electron chi connectivity index (χ3n) is 5.64. The Balaban J connectivity index is 1.65. The van der Waals surface area contributed by atoms with Crippen molar-refractivity contribution < 1.29 is 0 Å². The minimum Gasteiger partial charge on any atom is -0.339 e. The summed E-state index contributed by atoms with van der Waals surface area (Å²) in [5, 5.41) is 9.70. The molecule has 0 amide bonds. The van der Waals surface area contributed by atoms with Crippen molar-refractivity contribution in [3.8, 4) is 10.6 Å². The van der Waals surface area contributed by atoms with E-state index in [0.717, 1.165) is 34.0 Å². The zero-order chi connectivity index (χ0) is 20.1. The highest BCUT2D eigenvalue weighted by Gasteiger charge is 2.16. The Bertz CT molecular complexity index is 1340. The lowest BCUT2D eigenvalue weighted by Gasteiger charge is -2.13. The van der Waals surface area contributed by atoms with Gasteiger partial charge in [-0.2, -0.15) is 0 Å².